The molecule has 0 spiro atoms. The van der Waals surface area contributed by atoms with Crippen molar-refractivity contribution in [2.24, 2.45) is 0 Å². The van der Waals surface area contributed by atoms with Gasteiger partial charge in [0.05, 0.1) is 18.2 Å². The Labute approximate surface area is 96.0 Å². The van der Waals surface area contributed by atoms with E-state index in [0.29, 0.717) is 22.9 Å². The number of carbonyl (C=O) groups is 1. The van der Waals surface area contributed by atoms with E-state index >= 15 is 0 Å². The summed E-state index contributed by atoms with van der Waals surface area (Å²) in [5, 5.41) is 0.574. The molecule has 0 unspecified atom stereocenters. The van der Waals surface area contributed by atoms with Crippen molar-refractivity contribution in [1.82, 2.24) is 4.98 Å². The molecule has 1 aromatic heterocycles. The average Bonchev–Trinajstić information content (AvgIpc) is 2.30. The summed E-state index contributed by atoms with van der Waals surface area (Å²) in [6.07, 6.45) is 0.592. The van der Waals surface area contributed by atoms with Gasteiger partial charge in [0, 0.05) is 11.8 Å². The minimum absolute atomic E-state index is 0.0359. The first-order valence-electron chi connectivity index (χ1n) is 4.99. The number of rotatable bonds is 3. The van der Waals surface area contributed by atoms with Gasteiger partial charge in [-0.1, -0.05) is 0 Å². The molecule has 17 heavy (non-hydrogen) atoms. The molecule has 0 radical (unpaired) electrons. The first-order chi connectivity index (χ1) is 8.17. The molecule has 1 N–H and O–H groups in total. The lowest BCUT2D eigenvalue weighted by Crippen LogP contribution is -2.15. The van der Waals surface area contributed by atoms with Crippen LogP contribution >= 0.6 is 0 Å². The largest absolute Gasteiger partial charge is 0.496 e. The van der Waals surface area contributed by atoms with Gasteiger partial charge >= 0.3 is 0 Å². The van der Waals surface area contributed by atoms with Gasteiger partial charge in [-0.25, -0.2) is 4.39 Å². The smallest absolute Gasteiger partial charge is 0.255 e. The normalized spacial score (nSPS) is 10.5. The minimum atomic E-state index is -0.446. The Balaban J connectivity index is 2.85. The number of pyridine rings is 1. The summed E-state index contributed by atoms with van der Waals surface area (Å²) in [6, 6.07) is 3.99. The zero-order valence-corrected chi connectivity index (χ0v) is 9.12. The monoisotopic (exact) mass is 235 g/mol. The van der Waals surface area contributed by atoms with E-state index in [-0.39, 0.29) is 12.0 Å². The number of ether oxygens (including phenoxy) is 1. The van der Waals surface area contributed by atoms with Crippen LogP contribution in [-0.2, 0) is 11.2 Å². The second kappa shape index (κ2) is 4.37. The number of aldehydes is 1. The lowest BCUT2D eigenvalue weighted by Gasteiger charge is -2.09. The third kappa shape index (κ3) is 1.91. The fourth-order valence-corrected chi connectivity index (χ4v) is 1.78. The van der Waals surface area contributed by atoms with Crippen LogP contribution in [0.5, 0.6) is 5.75 Å². The molecule has 0 aliphatic heterocycles. The van der Waals surface area contributed by atoms with E-state index in [0.717, 1.165) is 0 Å². The number of H-pyrrole nitrogens is 1. The molecule has 0 fully saturated rings. The van der Waals surface area contributed by atoms with Crippen LogP contribution in [0.1, 0.15) is 5.56 Å². The molecule has 5 heteroatoms. The van der Waals surface area contributed by atoms with Crippen molar-refractivity contribution < 1.29 is 13.9 Å². The number of aromatic amines is 1. The summed E-state index contributed by atoms with van der Waals surface area (Å²) < 4.78 is 18.2. The quantitative estimate of drug-likeness (QED) is 0.818. The van der Waals surface area contributed by atoms with Crippen molar-refractivity contribution in [2.45, 2.75) is 6.42 Å². The van der Waals surface area contributed by atoms with E-state index in [1.165, 1.54) is 25.3 Å². The molecule has 1 heterocycles. The summed E-state index contributed by atoms with van der Waals surface area (Å²) in [4.78, 5) is 24.7. The molecule has 2 aromatic rings. The van der Waals surface area contributed by atoms with Crippen LogP contribution in [0.25, 0.3) is 10.9 Å². The van der Waals surface area contributed by atoms with E-state index in [9.17, 15) is 14.0 Å². The van der Waals surface area contributed by atoms with E-state index in [4.69, 9.17) is 4.74 Å². The molecule has 0 saturated carbocycles. The van der Waals surface area contributed by atoms with Gasteiger partial charge in [0.15, 0.2) is 0 Å². The third-order valence-corrected chi connectivity index (χ3v) is 2.51. The Morgan fingerprint density at radius 3 is 2.88 bits per heavy atom. The minimum Gasteiger partial charge on any atom is -0.496 e. The highest BCUT2D eigenvalue weighted by Crippen LogP contribution is 2.26. The van der Waals surface area contributed by atoms with E-state index < -0.39 is 11.4 Å². The van der Waals surface area contributed by atoms with Gasteiger partial charge < -0.3 is 14.5 Å². The molecule has 0 amide bonds. The number of hydrogen-bond acceptors (Lipinski definition) is 3. The number of nitrogens with one attached hydrogen (secondary N) is 1. The van der Waals surface area contributed by atoms with Crippen LogP contribution in [0.2, 0.25) is 0 Å². The molecular weight excluding hydrogens is 225 g/mol. The Bertz CT molecular complexity index is 633. The van der Waals surface area contributed by atoms with Gasteiger partial charge in [-0.3, -0.25) is 4.79 Å². The molecule has 1 aromatic carbocycles. The fourth-order valence-electron chi connectivity index (χ4n) is 1.78. The summed E-state index contributed by atoms with van der Waals surface area (Å²) >= 11 is 0. The molecule has 0 saturated heterocycles. The summed E-state index contributed by atoms with van der Waals surface area (Å²) in [6.45, 7) is 0. The predicted molar refractivity (Wildman–Crippen MR) is 60.8 cm³/mol. The Morgan fingerprint density at radius 2 is 2.24 bits per heavy atom. The number of aromatic nitrogens is 1. The first-order valence-corrected chi connectivity index (χ1v) is 4.99. The van der Waals surface area contributed by atoms with E-state index in [2.05, 4.69) is 4.98 Å². The summed E-state index contributed by atoms with van der Waals surface area (Å²) in [5.41, 5.74) is 0.162. The Morgan fingerprint density at radius 1 is 1.47 bits per heavy atom. The van der Waals surface area contributed by atoms with Crippen molar-refractivity contribution in [1.29, 1.82) is 0 Å². The van der Waals surface area contributed by atoms with Gasteiger partial charge in [-0.2, -0.15) is 0 Å². The molecule has 2 rings (SSSR count). The number of halogens is 1. The van der Waals surface area contributed by atoms with Crippen LogP contribution < -0.4 is 10.3 Å². The van der Waals surface area contributed by atoms with Crippen molar-refractivity contribution in [3.8, 4) is 5.75 Å². The molecule has 0 aliphatic carbocycles. The van der Waals surface area contributed by atoms with Gasteiger partial charge in [-0.05, 0) is 18.2 Å². The van der Waals surface area contributed by atoms with E-state index in [1.807, 2.05) is 0 Å². The maximum absolute atomic E-state index is 13.0. The maximum Gasteiger partial charge on any atom is 0.255 e. The van der Waals surface area contributed by atoms with Crippen molar-refractivity contribution >= 4 is 17.2 Å². The fraction of sp³-hybridized carbons (Fsp3) is 0.167. The topological polar surface area (TPSA) is 59.2 Å². The van der Waals surface area contributed by atoms with E-state index in [1.54, 1.807) is 0 Å². The number of methoxy groups -OCH3 is 1. The third-order valence-electron chi connectivity index (χ3n) is 2.51. The van der Waals surface area contributed by atoms with Gasteiger partial charge in [0.1, 0.15) is 17.9 Å². The summed E-state index contributed by atoms with van der Waals surface area (Å²) in [7, 11) is 1.41. The average molecular weight is 235 g/mol. The molecule has 0 atom stereocenters. The van der Waals surface area contributed by atoms with Crippen LogP contribution in [0.3, 0.4) is 0 Å². The molecule has 4 nitrogen and oxygen atoms in total. The second-order valence-corrected chi connectivity index (χ2v) is 3.53. The van der Waals surface area contributed by atoms with Crippen molar-refractivity contribution in [3.05, 3.63) is 39.9 Å². The number of carbonyl (C=O) groups excluding carboxylic acids is 1. The van der Waals surface area contributed by atoms with Gasteiger partial charge in [0.25, 0.3) is 5.56 Å². The highest BCUT2D eigenvalue weighted by atomic mass is 19.1. The second-order valence-electron chi connectivity index (χ2n) is 3.53. The number of hydrogen-bond donors (Lipinski definition) is 1. The van der Waals surface area contributed by atoms with Gasteiger partial charge in [-0.15, -0.1) is 0 Å². The van der Waals surface area contributed by atoms with Crippen LogP contribution in [-0.4, -0.2) is 18.4 Å². The molecule has 0 bridgehead atoms. The Hall–Kier alpha value is -2.17. The lowest BCUT2D eigenvalue weighted by molar-refractivity contribution is -0.107. The SMILES string of the molecule is COc1c(CC=O)c(=O)[nH]c2cc(F)ccc12. The zero-order chi connectivity index (χ0) is 12.4. The van der Waals surface area contributed by atoms with Crippen LogP contribution in [0.4, 0.5) is 4.39 Å². The predicted octanol–water partition coefficient (Wildman–Crippen LogP) is 1.42. The molecule has 0 aliphatic rings. The standard InChI is InChI=1S/C12H10FNO3/c1-17-11-8-3-2-7(13)6-10(8)14-12(16)9(11)4-5-15/h2-3,5-6H,4H2,1H3,(H,14,16). The Kier molecular flexibility index (Phi) is 2.91. The zero-order valence-electron chi connectivity index (χ0n) is 9.12. The highest BCUT2D eigenvalue weighted by molar-refractivity contribution is 5.86. The van der Waals surface area contributed by atoms with Gasteiger partial charge in [0.2, 0.25) is 0 Å². The first kappa shape index (κ1) is 11.3. The lowest BCUT2D eigenvalue weighted by atomic mass is 10.1. The number of benzene rings is 1. The van der Waals surface area contributed by atoms with Crippen molar-refractivity contribution in [3.63, 3.8) is 0 Å². The molecule has 88 valence electrons. The highest BCUT2D eigenvalue weighted by Gasteiger charge is 2.13. The molecular formula is C12H10FNO3. The van der Waals surface area contributed by atoms with Crippen molar-refractivity contribution in [2.75, 3.05) is 7.11 Å². The van der Waals surface area contributed by atoms with Crippen LogP contribution in [0, 0.1) is 5.82 Å². The maximum atomic E-state index is 13.0. The summed E-state index contributed by atoms with van der Waals surface area (Å²) in [5.74, 6) is -0.130. The van der Waals surface area contributed by atoms with Crippen LogP contribution in [0.15, 0.2) is 23.0 Å². The number of fused-ring (bicyclic) bond motifs is 1.